The third kappa shape index (κ3) is 6.29. The summed E-state index contributed by atoms with van der Waals surface area (Å²) >= 11 is 0. The van der Waals surface area contributed by atoms with Crippen molar-refractivity contribution >= 4 is 29.7 Å². The third-order valence-electron chi connectivity index (χ3n) is 3.18. The second-order valence-corrected chi connectivity index (χ2v) is 5.01. The molecule has 0 fully saturated rings. The van der Waals surface area contributed by atoms with Gasteiger partial charge in [-0.15, -0.1) is 0 Å². The van der Waals surface area contributed by atoms with Crippen molar-refractivity contribution in [2.45, 2.75) is 25.7 Å². The first kappa shape index (κ1) is 18.3. The average molecular weight is 326 g/mol. The lowest BCUT2D eigenvalue weighted by atomic mass is 10.1. The van der Waals surface area contributed by atoms with Crippen molar-refractivity contribution in [2.24, 2.45) is 0 Å². The number of rotatable bonds is 10. The van der Waals surface area contributed by atoms with Gasteiger partial charge < -0.3 is 15.1 Å². The molecule has 0 radical (unpaired) electrons. The molecule has 0 saturated carbocycles. The van der Waals surface area contributed by atoms with E-state index in [1.165, 1.54) is 12.2 Å². The highest BCUT2D eigenvalue weighted by Gasteiger charge is 2.22. The summed E-state index contributed by atoms with van der Waals surface area (Å²) in [6.45, 7) is -1.06. The molecular weight excluding hydrogens is 308 g/mol. The highest BCUT2D eigenvalue weighted by Crippen LogP contribution is 2.08. The minimum absolute atomic E-state index is 0.0146. The van der Waals surface area contributed by atoms with Gasteiger partial charge in [0.2, 0.25) is 5.91 Å². The van der Waals surface area contributed by atoms with Gasteiger partial charge in [0.25, 0.3) is 11.8 Å². The minimum atomic E-state index is -1.28. The van der Waals surface area contributed by atoms with Crippen LogP contribution in [0.3, 0.4) is 0 Å². The van der Waals surface area contributed by atoms with E-state index in [9.17, 15) is 24.0 Å². The van der Waals surface area contributed by atoms with E-state index >= 15 is 0 Å². The van der Waals surface area contributed by atoms with Gasteiger partial charge in [0, 0.05) is 25.1 Å². The SMILES string of the molecule is O=C(O)CN(CC(=O)O)C(=O)CCCCCN1C(=O)C=CC1=O. The van der Waals surface area contributed by atoms with Gasteiger partial charge in [-0.05, 0) is 12.8 Å². The molecule has 0 aromatic rings. The van der Waals surface area contributed by atoms with Crippen molar-refractivity contribution in [2.75, 3.05) is 19.6 Å². The van der Waals surface area contributed by atoms with E-state index in [2.05, 4.69) is 0 Å². The zero-order valence-corrected chi connectivity index (χ0v) is 12.4. The number of hydrogen-bond acceptors (Lipinski definition) is 5. The smallest absolute Gasteiger partial charge is 0.323 e. The highest BCUT2D eigenvalue weighted by atomic mass is 16.4. The molecule has 9 nitrogen and oxygen atoms in total. The van der Waals surface area contributed by atoms with E-state index in [4.69, 9.17) is 10.2 Å². The van der Waals surface area contributed by atoms with Crippen molar-refractivity contribution in [3.05, 3.63) is 12.2 Å². The lowest BCUT2D eigenvalue weighted by Crippen LogP contribution is -2.39. The van der Waals surface area contributed by atoms with Crippen LogP contribution in [0.15, 0.2) is 12.2 Å². The molecule has 0 aromatic heterocycles. The van der Waals surface area contributed by atoms with Gasteiger partial charge >= 0.3 is 11.9 Å². The molecule has 23 heavy (non-hydrogen) atoms. The summed E-state index contributed by atoms with van der Waals surface area (Å²) in [5.41, 5.74) is 0. The Morgan fingerprint density at radius 3 is 1.91 bits per heavy atom. The van der Waals surface area contributed by atoms with E-state index in [0.717, 1.165) is 9.80 Å². The molecule has 0 atom stereocenters. The summed E-state index contributed by atoms with van der Waals surface area (Å²) in [7, 11) is 0. The number of amides is 3. The lowest BCUT2D eigenvalue weighted by Gasteiger charge is -2.18. The molecule has 9 heteroatoms. The van der Waals surface area contributed by atoms with E-state index in [0.29, 0.717) is 19.3 Å². The van der Waals surface area contributed by atoms with Crippen molar-refractivity contribution in [3.8, 4) is 0 Å². The fourth-order valence-electron chi connectivity index (χ4n) is 2.09. The van der Waals surface area contributed by atoms with Crippen molar-refractivity contribution in [1.29, 1.82) is 0 Å². The zero-order chi connectivity index (χ0) is 17.4. The first-order chi connectivity index (χ1) is 10.8. The van der Waals surface area contributed by atoms with Crippen molar-refractivity contribution < 1.29 is 34.2 Å². The second kappa shape index (κ2) is 8.66. The number of unbranched alkanes of at least 4 members (excludes halogenated alkanes) is 2. The molecule has 0 aromatic carbocycles. The maximum absolute atomic E-state index is 11.8. The maximum atomic E-state index is 11.8. The predicted molar refractivity (Wildman–Crippen MR) is 76.2 cm³/mol. The van der Waals surface area contributed by atoms with Gasteiger partial charge in [0.05, 0.1) is 0 Å². The van der Waals surface area contributed by atoms with Gasteiger partial charge in [0.15, 0.2) is 0 Å². The van der Waals surface area contributed by atoms with Crippen LogP contribution in [0.5, 0.6) is 0 Å². The first-order valence-electron chi connectivity index (χ1n) is 7.06. The van der Waals surface area contributed by atoms with Crippen LogP contribution in [0.25, 0.3) is 0 Å². The van der Waals surface area contributed by atoms with E-state index in [-0.39, 0.29) is 24.8 Å². The van der Waals surface area contributed by atoms with Gasteiger partial charge in [-0.1, -0.05) is 6.42 Å². The fourth-order valence-corrected chi connectivity index (χ4v) is 2.09. The largest absolute Gasteiger partial charge is 0.480 e. The van der Waals surface area contributed by atoms with Crippen LogP contribution in [0.2, 0.25) is 0 Å². The normalized spacial score (nSPS) is 13.5. The average Bonchev–Trinajstić information content (AvgIpc) is 2.76. The summed E-state index contributed by atoms with van der Waals surface area (Å²) in [5.74, 6) is -3.83. The van der Waals surface area contributed by atoms with Crippen LogP contribution in [0, 0.1) is 0 Å². The van der Waals surface area contributed by atoms with Gasteiger partial charge in [0.1, 0.15) is 13.1 Å². The summed E-state index contributed by atoms with van der Waals surface area (Å²) in [6.07, 6.45) is 3.89. The molecule has 0 aliphatic carbocycles. The van der Waals surface area contributed by atoms with Crippen LogP contribution >= 0.6 is 0 Å². The molecule has 1 aliphatic heterocycles. The molecule has 1 rings (SSSR count). The Balaban J connectivity index is 2.28. The Hall–Kier alpha value is -2.71. The Labute approximate surface area is 132 Å². The van der Waals surface area contributed by atoms with E-state index < -0.39 is 30.9 Å². The van der Waals surface area contributed by atoms with Gasteiger partial charge in [-0.25, -0.2) is 0 Å². The Morgan fingerprint density at radius 2 is 1.43 bits per heavy atom. The minimum Gasteiger partial charge on any atom is -0.480 e. The number of nitrogens with zero attached hydrogens (tertiary/aromatic N) is 2. The van der Waals surface area contributed by atoms with E-state index in [1.807, 2.05) is 0 Å². The number of imide groups is 1. The monoisotopic (exact) mass is 326 g/mol. The number of carbonyl (C=O) groups excluding carboxylic acids is 3. The van der Waals surface area contributed by atoms with Crippen LogP contribution in [-0.2, 0) is 24.0 Å². The van der Waals surface area contributed by atoms with Crippen LogP contribution in [0.4, 0.5) is 0 Å². The zero-order valence-electron chi connectivity index (χ0n) is 12.4. The Bertz CT molecular complexity index is 507. The van der Waals surface area contributed by atoms with Crippen molar-refractivity contribution in [3.63, 3.8) is 0 Å². The quantitative estimate of drug-likeness (QED) is 0.407. The first-order valence-corrected chi connectivity index (χ1v) is 7.06. The number of carboxylic acids is 2. The Kier molecular flexibility index (Phi) is 6.91. The molecule has 1 aliphatic rings. The molecule has 0 bridgehead atoms. The summed E-state index contributed by atoms with van der Waals surface area (Å²) < 4.78 is 0. The van der Waals surface area contributed by atoms with Crippen LogP contribution < -0.4 is 0 Å². The molecule has 0 saturated heterocycles. The summed E-state index contributed by atoms with van der Waals surface area (Å²) in [6, 6.07) is 0. The molecule has 126 valence electrons. The maximum Gasteiger partial charge on any atom is 0.323 e. The molecule has 0 spiro atoms. The van der Waals surface area contributed by atoms with Crippen LogP contribution in [-0.4, -0.2) is 69.3 Å². The number of aliphatic carboxylic acids is 2. The number of hydrogen-bond donors (Lipinski definition) is 2. The lowest BCUT2D eigenvalue weighted by molar-refractivity contribution is -0.149. The molecule has 1 heterocycles. The third-order valence-corrected chi connectivity index (χ3v) is 3.18. The molecule has 2 N–H and O–H groups in total. The number of carboxylic acid groups (broad SMARTS) is 2. The van der Waals surface area contributed by atoms with Gasteiger partial charge in [-0.2, -0.15) is 0 Å². The summed E-state index contributed by atoms with van der Waals surface area (Å²) in [5, 5.41) is 17.3. The van der Waals surface area contributed by atoms with Gasteiger partial charge in [-0.3, -0.25) is 28.9 Å². The predicted octanol–water partition coefficient (Wildman–Crippen LogP) is -0.530. The summed E-state index contributed by atoms with van der Waals surface area (Å²) in [4.78, 5) is 57.5. The highest BCUT2D eigenvalue weighted by molar-refractivity contribution is 6.12. The van der Waals surface area contributed by atoms with Crippen molar-refractivity contribution in [1.82, 2.24) is 9.80 Å². The Morgan fingerprint density at radius 1 is 0.913 bits per heavy atom. The standard InChI is InChI=1S/C14H18N2O7/c17-10(15(8-13(20)21)9-14(22)23)4-2-1-3-7-16-11(18)5-6-12(16)19/h5-6H,1-4,7-9H2,(H,20,21)(H,22,23). The number of carbonyl (C=O) groups is 5. The second-order valence-electron chi connectivity index (χ2n) is 5.01. The fraction of sp³-hybridized carbons (Fsp3) is 0.500. The molecule has 3 amide bonds. The van der Waals surface area contributed by atoms with Crippen LogP contribution in [0.1, 0.15) is 25.7 Å². The molecule has 0 unspecified atom stereocenters. The molecular formula is C14H18N2O7. The van der Waals surface area contributed by atoms with E-state index in [1.54, 1.807) is 0 Å². The topological polar surface area (TPSA) is 132 Å².